The van der Waals surface area contributed by atoms with Crippen molar-refractivity contribution < 1.29 is 0 Å². The quantitative estimate of drug-likeness (QED) is 0.517. The fraction of sp³-hybridized carbons (Fsp3) is 0.588. The summed E-state index contributed by atoms with van der Waals surface area (Å²) in [7, 11) is 0. The fourth-order valence-corrected chi connectivity index (χ4v) is 2.28. The van der Waals surface area contributed by atoms with Crippen molar-refractivity contribution in [3.05, 3.63) is 29.8 Å². The molecule has 0 aliphatic carbocycles. The molecule has 3 heteroatoms. The van der Waals surface area contributed by atoms with E-state index in [0.717, 1.165) is 17.3 Å². The van der Waals surface area contributed by atoms with Gasteiger partial charge >= 0.3 is 0 Å². The molecule has 2 N–H and O–H groups in total. The highest BCUT2D eigenvalue weighted by Gasteiger charge is 2.00. The SMILES string of the molecule is CCCCCCCNC(=S)Nc1ccc(C(C)C)cc1. The third-order valence-electron chi connectivity index (χ3n) is 3.40. The molecule has 0 bridgehead atoms. The van der Waals surface area contributed by atoms with E-state index in [1.807, 2.05) is 0 Å². The first-order chi connectivity index (χ1) is 9.63. The number of hydrogen-bond acceptors (Lipinski definition) is 1. The number of anilines is 1. The monoisotopic (exact) mass is 292 g/mol. The van der Waals surface area contributed by atoms with Crippen LogP contribution in [0.5, 0.6) is 0 Å². The Hall–Kier alpha value is -1.09. The Morgan fingerprint density at radius 3 is 2.30 bits per heavy atom. The number of unbranched alkanes of at least 4 members (excludes halogenated alkanes) is 4. The number of nitrogens with one attached hydrogen (secondary N) is 2. The van der Waals surface area contributed by atoms with Crippen LogP contribution >= 0.6 is 12.2 Å². The van der Waals surface area contributed by atoms with Gasteiger partial charge in [0.05, 0.1) is 0 Å². The average molecular weight is 292 g/mol. The van der Waals surface area contributed by atoms with Crippen LogP contribution in [0.2, 0.25) is 0 Å². The van der Waals surface area contributed by atoms with E-state index in [1.54, 1.807) is 0 Å². The van der Waals surface area contributed by atoms with Gasteiger partial charge in [-0.2, -0.15) is 0 Å². The van der Waals surface area contributed by atoms with Crippen molar-refractivity contribution in [2.24, 2.45) is 0 Å². The van der Waals surface area contributed by atoms with Gasteiger partial charge in [-0.1, -0.05) is 58.6 Å². The second kappa shape index (κ2) is 9.76. The predicted octanol–water partition coefficient (Wildman–Crippen LogP) is 5.07. The Balaban J connectivity index is 2.21. The molecule has 112 valence electrons. The molecule has 0 saturated carbocycles. The molecular weight excluding hydrogens is 264 g/mol. The maximum atomic E-state index is 5.30. The average Bonchev–Trinajstić information content (AvgIpc) is 2.43. The minimum Gasteiger partial charge on any atom is -0.362 e. The largest absolute Gasteiger partial charge is 0.362 e. The fourth-order valence-electron chi connectivity index (χ4n) is 2.06. The van der Waals surface area contributed by atoms with E-state index in [9.17, 15) is 0 Å². The summed E-state index contributed by atoms with van der Waals surface area (Å²) >= 11 is 5.30. The summed E-state index contributed by atoms with van der Waals surface area (Å²) in [4.78, 5) is 0. The minimum absolute atomic E-state index is 0.567. The molecule has 0 aromatic heterocycles. The standard InChI is InChI=1S/C17H28N2S/c1-4-5-6-7-8-13-18-17(20)19-16-11-9-15(10-12-16)14(2)3/h9-12,14H,4-8,13H2,1-3H3,(H2,18,19,20). The van der Waals surface area contributed by atoms with Crippen LogP contribution in [-0.2, 0) is 0 Å². The molecule has 0 spiro atoms. The first-order valence-electron chi connectivity index (χ1n) is 7.78. The number of thiocarbonyl (C=S) groups is 1. The van der Waals surface area contributed by atoms with Crippen LogP contribution < -0.4 is 10.6 Å². The lowest BCUT2D eigenvalue weighted by Crippen LogP contribution is -2.29. The lowest BCUT2D eigenvalue weighted by Gasteiger charge is -2.11. The van der Waals surface area contributed by atoms with E-state index in [0.29, 0.717) is 5.92 Å². The van der Waals surface area contributed by atoms with Crippen molar-refractivity contribution >= 4 is 23.0 Å². The highest BCUT2D eigenvalue weighted by Crippen LogP contribution is 2.16. The van der Waals surface area contributed by atoms with E-state index in [-0.39, 0.29) is 0 Å². The molecule has 2 nitrogen and oxygen atoms in total. The molecule has 1 aromatic rings. The van der Waals surface area contributed by atoms with Crippen molar-refractivity contribution in [3.63, 3.8) is 0 Å². The van der Waals surface area contributed by atoms with E-state index < -0.39 is 0 Å². The van der Waals surface area contributed by atoms with Gasteiger partial charge in [0.2, 0.25) is 0 Å². The Labute approximate surface area is 129 Å². The molecule has 0 radical (unpaired) electrons. The molecule has 0 atom stereocenters. The smallest absolute Gasteiger partial charge is 0.170 e. The summed E-state index contributed by atoms with van der Waals surface area (Å²) in [6, 6.07) is 8.48. The van der Waals surface area contributed by atoms with Crippen molar-refractivity contribution in [1.82, 2.24) is 5.32 Å². The third-order valence-corrected chi connectivity index (χ3v) is 3.65. The molecule has 20 heavy (non-hydrogen) atoms. The van der Waals surface area contributed by atoms with Gasteiger partial charge in [0.1, 0.15) is 0 Å². The number of benzene rings is 1. The Morgan fingerprint density at radius 1 is 1.05 bits per heavy atom. The van der Waals surface area contributed by atoms with Gasteiger partial charge in [-0.05, 0) is 42.3 Å². The maximum Gasteiger partial charge on any atom is 0.170 e. The topological polar surface area (TPSA) is 24.1 Å². The predicted molar refractivity (Wildman–Crippen MR) is 93.5 cm³/mol. The first-order valence-corrected chi connectivity index (χ1v) is 8.19. The van der Waals surface area contributed by atoms with Crippen LogP contribution in [0.25, 0.3) is 0 Å². The lowest BCUT2D eigenvalue weighted by atomic mass is 10.0. The summed E-state index contributed by atoms with van der Waals surface area (Å²) in [5, 5.41) is 7.22. The molecule has 0 saturated heterocycles. The zero-order valence-corrected chi connectivity index (χ0v) is 13.9. The summed E-state index contributed by atoms with van der Waals surface area (Å²) < 4.78 is 0. The highest BCUT2D eigenvalue weighted by molar-refractivity contribution is 7.80. The number of rotatable bonds is 8. The zero-order valence-electron chi connectivity index (χ0n) is 13.0. The molecule has 1 rings (SSSR count). The molecule has 1 aromatic carbocycles. The maximum absolute atomic E-state index is 5.30. The van der Waals surface area contributed by atoms with E-state index >= 15 is 0 Å². The molecule has 0 aliphatic heterocycles. The second-order valence-electron chi connectivity index (χ2n) is 5.57. The normalized spacial score (nSPS) is 10.6. The summed E-state index contributed by atoms with van der Waals surface area (Å²) in [6.45, 7) is 7.60. The summed E-state index contributed by atoms with van der Waals surface area (Å²) in [6.07, 6.45) is 6.43. The third kappa shape index (κ3) is 6.90. The van der Waals surface area contributed by atoms with Crippen LogP contribution in [0, 0.1) is 0 Å². The summed E-state index contributed by atoms with van der Waals surface area (Å²) in [5.74, 6) is 0.567. The van der Waals surface area contributed by atoms with Crippen LogP contribution in [0.1, 0.15) is 64.4 Å². The minimum atomic E-state index is 0.567. The van der Waals surface area contributed by atoms with E-state index in [4.69, 9.17) is 12.2 Å². The molecule has 0 unspecified atom stereocenters. The van der Waals surface area contributed by atoms with Crippen molar-refractivity contribution in [1.29, 1.82) is 0 Å². The summed E-state index contributed by atoms with van der Waals surface area (Å²) in [5.41, 5.74) is 2.41. The Morgan fingerprint density at radius 2 is 1.70 bits per heavy atom. The van der Waals surface area contributed by atoms with Gasteiger partial charge in [-0.15, -0.1) is 0 Å². The molecular formula is C17H28N2S. The Kier molecular flexibility index (Phi) is 8.28. The molecule has 0 amide bonds. The van der Waals surface area contributed by atoms with E-state index in [1.165, 1.54) is 37.7 Å². The lowest BCUT2D eigenvalue weighted by molar-refractivity contribution is 0.625. The van der Waals surface area contributed by atoms with Gasteiger partial charge < -0.3 is 10.6 Å². The van der Waals surface area contributed by atoms with Gasteiger partial charge in [0.25, 0.3) is 0 Å². The molecule has 0 aliphatic rings. The van der Waals surface area contributed by atoms with Gasteiger partial charge in [-0.3, -0.25) is 0 Å². The van der Waals surface area contributed by atoms with Crippen LogP contribution in [-0.4, -0.2) is 11.7 Å². The zero-order chi connectivity index (χ0) is 14.8. The van der Waals surface area contributed by atoms with Gasteiger partial charge in [-0.25, -0.2) is 0 Å². The van der Waals surface area contributed by atoms with Crippen molar-refractivity contribution in [2.45, 2.75) is 58.8 Å². The molecule has 0 heterocycles. The van der Waals surface area contributed by atoms with Gasteiger partial charge in [0.15, 0.2) is 5.11 Å². The van der Waals surface area contributed by atoms with Crippen LogP contribution in [0.15, 0.2) is 24.3 Å². The Bertz CT molecular complexity index is 384. The molecule has 0 fully saturated rings. The van der Waals surface area contributed by atoms with Crippen molar-refractivity contribution in [3.8, 4) is 0 Å². The van der Waals surface area contributed by atoms with E-state index in [2.05, 4.69) is 55.7 Å². The first kappa shape index (κ1) is 17.0. The second-order valence-corrected chi connectivity index (χ2v) is 5.98. The van der Waals surface area contributed by atoms with Crippen LogP contribution in [0.3, 0.4) is 0 Å². The van der Waals surface area contributed by atoms with Crippen molar-refractivity contribution in [2.75, 3.05) is 11.9 Å². The number of hydrogen-bond donors (Lipinski definition) is 2. The van der Waals surface area contributed by atoms with Gasteiger partial charge in [0, 0.05) is 12.2 Å². The highest BCUT2D eigenvalue weighted by atomic mass is 32.1. The van der Waals surface area contributed by atoms with Crippen LogP contribution in [0.4, 0.5) is 5.69 Å².